The molecule has 17 heavy (non-hydrogen) atoms. The van der Waals surface area contributed by atoms with E-state index in [0.29, 0.717) is 6.04 Å². The second-order valence-electron chi connectivity index (χ2n) is 4.90. The molecule has 1 aliphatic rings. The number of pyridine rings is 1. The molecule has 0 spiro atoms. The molecule has 1 fully saturated rings. The fourth-order valence-electron chi connectivity index (χ4n) is 2.42. The normalized spacial score (nSPS) is 21.3. The summed E-state index contributed by atoms with van der Waals surface area (Å²) in [4.78, 5) is 6.86. The van der Waals surface area contributed by atoms with Crippen LogP contribution in [0.25, 0.3) is 0 Å². The molecular weight excluding hydrogens is 210 g/mol. The van der Waals surface area contributed by atoms with Crippen molar-refractivity contribution in [3.63, 3.8) is 0 Å². The van der Waals surface area contributed by atoms with Crippen molar-refractivity contribution in [3.8, 4) is 0 Å². The molecule has 0 radical (unpaired) electrons. The number of nitrogens with zero attached hydrogens (tertiary/aromatic N) is 2. The first kappa shape index (κ1) is 12.4. The summed E-state index contributed by atoms with van der Waals surface area (Å²) in [5.74, 6) is 0. The molecule has 1 saturated heterocycles. The first-order valence-corrected chi connectivity index (χ1v) is 6.70. The van der Waals surface area contributed by atoms with E-state index in [1.807, 2.05) is 13.1 Å². The summed E-state index contributed by atoms with van der Waals surface area (Å²) >= 11 is 0. The van der Waals surface area contributed by atoms with Gasteiger partial charge in [0.25, 0.3) is 0 Å². The fraction of sp³-hybridized carbons (Fsp3) is 0.643. The zero-order valence-electron chi connectivity index (χ0n) is 10.9. The lowest BCUT2D eigenvalue weighted by atomic mass is 10.1. The van der Waals surface area contributed by atoms with Crippen LogP contribution in [0.15, 0.2) is 18.3 Å². The summed E-state index contributed by atoms with van der Waals surface area (Å²) in [7, 11) is 0. The lowest BCUT2D eigenvalue weighted by molar-refractivity contribution is 0.502. The van der Waals surface area contributed by atoms with Crippen LogP contribution in [0.2, 0.25) is 0 Å². The Balaban J connectivity index is 2.05. The molecule has 1 aromatic rings. The highest BCUT2D eigenvalue weighted by molar-refractivity contribution is 5.44. The molecule has 94 valence electrons. The van der Waals surface area contributed by atoms with Crippen LogP contribution >= 0.6 is 0 Å². The number of hydrogen-bond acceptors (Lipinski definition) is 3. The van der Waals surface area contributed by atoms with Crippen molar-refractivity contribution in [2.24, 2.45) is 0 Å². The topological polar surface area (TPSA) is 28.2 Å². The molecule has 0 aliphatic carbocycles. The number of anilines is 1. The lowest BCUT2D eigenvalue weighted by Crippen LogP contribution is -2.37. The molecule has 3 nitrogen and oxygen atoms in total. The number of aromatic nitrogens is 1. The molecule has 1 aromatic heterocycles. The van der Waals surface area contributed by atoms with Gasteiger partial charge in [-0.25, -0.2) is 0 Å². The fourth-order valence-corrected chi connectivity index (χ4v) is 2.42. The highest BCUT2D eigenvalue weighted by atomic mass is 15.2. The van der Waals surface area contributed by atoms with E-state index in [1.54, 1.807) is 0 Å². The van der Waals surface area contributed by atoms with Gasteiger partial charge >= 0.3 is 0 Å². The van der Waals surface area contributed by atoms with E-state index in [-0.39, 0.29) is 0 Å². The molecule has 1 atom stereocenters. The summed E-state index contributed by atoms with van der Waals surface area (Å²) in [6.07, 6.45) is 5.73. The smallest absolute Gasteiger partial charge is 0.0553 e. The highest BCUT2D eigenvalue weighted by Gasteiger charge is 2.17. The molecule has 0 bridgehead atoms. The zero-order chi connectivity index (χ0) is 12.1. The van der Waals surface area contributed by atoms with Crippen LogP contribution in [0.5, 0.6) is 0 Å². The third-order valence-electron chi connectivity index (χ3n) is 3.38. The Bertz CT molecular complexity index is 334. The summed E-state index contributed by atoms with van der Waals surface area (Å²) in [5.41, 5.74) is 2.35. The van der Waals surface area contributed by atoms with Gasteiger partial charge < -0.3 is 10.2 Å². The Morgan fingerprint density at radius 3 is 3.06 bits per heavy atom. The number of aryl methyl sites for hydroxylation is 1. The van der Waals surface area contributed by atoms with Crippen LogP contribution in [0.3, 0.4) is 0 Å². The van der Waals surface area contributed by atoms with E-state index < -0.39 is 0 Å². The van der Waals surface area contributed by atoms with Gasteiger partial charge in [0.2, 0.25) is 0 Å². The van der Waals surface area contributed by atoms with Crippen molar-refractivity contribution in [2.75, 3.05) is 24.5 Å². The minimum absolute atomic E-state index is 0.629. The Hall–Kier alpha value is -1.09. The van der Waals surface area contributed by atoms with Gasteiger partial charge in [0.05, 0.1) is 11.9 Å². The van der Waals surface area contributed by atoms with Crippen molar-refractivity contribution in [1.82, 2.24) is 10.3 Å². The van der Waals surface area contributed by atoms with E-state index >= 15 is 0 Å². The van der Waals surface area contributed by atoms with Crippen LogP contribution in [-0.2, 0) is 0 Å². The van der Waals surface area contributed by atoms with Crippen molar-refractivity contribution in [3.05, 3.63) is 24.0 Å². The summed E-state index contributed by atoms with van der Waals surface area (Å²) in [5, 5.41) is 3.63. The molecule has 1 N–H and O–H groups in total. The minimum atomic E-state index is 0.629. The van der Waals surface area contributed by atoms with Gasteiger partial charge in [-0.3, -0.25) is 4.98 Å². The average Bonchev–Trinajstić information content (AvgIpc) is 2.56. The van der Waals surface area contributed by atoms with Gasteiger partial charge in [0.15, 0.2) is 0 Å². The zero-order valence-corrected chi connectivity index (χ0v) is 10.9. The van der Waals surface area contributed by atoms with Crippen molar-refractivity contribution in [1.29, 1.82) is 0 Å². The van der Waals surface area contributed by atoms with Crippen molar-refractivity contribution >= 4 is 5.69 Å². The van der Waals surface area contributed by atoms with Crippen LogP contribution in [0.4, 0.5) is 5.69 Å². The lowest BCUT2D eigenvalue weighted by Gasteiger charge is -2.26. The maximum absolute atomic E-state index is 4.39. The van der Waals surface area contributed by atoms with Gasteiger partial charge in [-0.1, -0.05) is 13.3 Å². The minimum Gasteiger partial charge on any atom is -0.369 e. The third kappa shape index (κ3) is 3.43. The SMILES string of the molecule is CCCC1CN(c2ccc(C)nc2)CCCN1. The van der Waals surface area contributed by atoms with Gasteiger partial charge in [-0.05, 0) is 38.4 Å². The van der Waals surface area contributed by atoms with Gasteiger partial charge in [0.1, 0.15) is 0 Å². The number of nitrogens with one attached hydrogen (secondary N) is 1. The van der Waals surface area contributed by atoms with E-state index in [9.17, 15) is 0 Å². The van der Waals surface area contributed by atoms with E-state index in [2.05, 4.69) is 34.3 Å². The number of hydrogen-bond donors (Lipinski definition) is 1. The average molecular weight is 233 g/mol. The predicted octanol–water partition coefficient (Wildman–Crippen LogP) is 2.36. The van der Waals surface area contributed by atoms with Crippen molar-refractivity contribution < 1.29 is 0 Å². The Labute approximate surface area is 104 Å². The second kappa shape index (κ2) is 6.01. The molecule has 2 rings (SSSR count). The largest absolute Gasteiger partial charge is 0.369 e. The Morgan fingerprint density at radius 1 is 1.47 bits per heavy atom. The van der Waals surface area contributed by atoms with Crippen LogP contribution in [0, 0.1) is 6.92 Å². The van der Waals surface area contributed by atoms with Crippen LogP contribution in [-0.4, -0.2) is 30.7 Å². The maximum Gasteiger partial charge on any atom is 0.0553 e. The van der Waals surface area contributed by atoms with E-state index in [4.69, 9.17) is 0 Å². The summed E-state index contributed by atoms with van der Waals surface area (Å²) < 4.78 is 0. The highest BCUT2D eigenvalue weighted by Crippen LogP contribution is 2.16. The number of rotatable bonds is 3. The molecule has 0 aromatic carbocycles. The van der Waals surface area contributed by atoms with Crippen LogP contribution in [0.1, 0.15) is 31.9 Å². The van der Waals surface area contributed by atoms with Crippen LogP contribution < -0.4 is 10.2 Å². The first-order valence-electron chi connectivity index (χ1n) is 6.70. The standard InChI is InChI=1S/C14H23N3/c1-3-5-13-11-17(9-4-8-15-13)14-7-6-12(2)16-10-14/h6-7,10,13,15H,3-5,8-9,11H2,1-2H3. The molecular formula is C14H23N3. The predicted molar refractivity (Wildman–Crippen MR) is 72.5 cm³/mol. The first-order chi connectivity index (χ1) is 8.29. The third-order valence-corrected chi connectivity index (χ3v) is 3.38. The second-order valence-corrected chi connectivity index (χ2v) is 4.90. The monoisotopic (exact) mass is 233 g/mol. The molecule has 0 amide bonds. The maximum atomic E-state index is 4.39. The quantitative estimate of drug-likeness (QED) is 0.868. The van der Waals surface area contributed by atoms with Gasteiger partial charge in [-0.15, -0.1) is 0 Å². The molecule has 1 aliphatic heterocycles. The van der Waals surface area contributed by atoms with Gasteiger partial charge in [0, 0.05) is 24.8 Å². The molecule has 1 unspecified atom stereocenters. The van der Waals surface area contributed by atoms with E-state index in [0.717, 1.165) is 25.3 Å². The van der Waals surface area contributed by atoms with E-state index in [1.165, 1.54) is 24.9 Å². The summed E-state index contributed by atoms with van der Waals surface area (Å²) in [6, 6.07) is 4.92. The molecule has 3 heteroatoms. The van der Waals surface area contributed by atoms with Crippen molar-refractivity contribution in [2.45, 2.75) is 39.2 Å². The Kier molecular flexibility index (Phi) is 4.37. The Morgan fingerprint density at radius 2 is 2.35 bits per heavy atom. The molecule has 2 heterocycles. The summed E-state index contributed by atoms with van der Waals surface area (Å²) in [6.45, 7) is 7.68. The van der Waals surface area contributed by atoms with Gasteiger partial charge in [-0.2, -0.15) is 0 Å². The molecule has 0 saturated carbocycles.